The maximum Gasteiger partial charge on any atom is 0.131 e. The average Bonchev–Trinajstić information content (AvgIpc) is 2.59. The lowest BCUT2D eigenvalue weighted by atomic mass is 10.2. The van der Waals surface area contributed by atoms with E-state index in [4.69, 9.17) is 10.5 Å². The smallest absolute Gasteiger partial charge is 0.131 e. The van der Waals surface area contributed by atoms with Crippen molar-refractivity contribution in [3.63, 3.8) is 0 Å². The van der Waals surface area contributed by atoms with E-state index in [2.05, 4.69) is 4.98 Å². The average molecular weight is 230 g/mol. The van der Waals surface area contributed by atoms with Gasteiger partial charge in [-0.15, -0.1) is 11.3 Å². The van der Waals surface area contributed by atoms with Gasteiger partial charge in [0.2, 0.25) is 0 Å². The number of nitrogens with two attached hydrogens (primary N) is 1. The van der Waals surface area contributed by atoms with E-state index in [0.717, 1.165) is 17.0 Å². The van der Waals surface area contributed by atoms with E-state index >= 15 is 0 Å². The van der Waals surface area contributed by atoms with Crippen LogP contribution in [-0.4, -0.2) is 29.8 Å². The van der Waals surface area contributed by atoms with Gasteiger partial charge < -0.3 is 15.6 Å². The molecule has 3 N–H and O–H groups in total. The first-order valence-electron chi connectivity index (χ1n) is 4.97. The summed E-state index contributed by atoms with van der Waals surface area (Å²) in [5.74, 6) is 0. The largest absolute Gasteiger partial charge is 0.383 e. The maximum atomic E-state index is 9.89. The molecule has 0 aliphatic heterocycles. The fourth-order valence-electron chi connectivity index (χ4n) is 1.27. The van der Waals surface area contributed by atoms with Gasteiger partial charge >= 0.3 is 0 Å². The molecule has 1 aromatic heterocycles. The molecular weight excluding hydrogens is 212 g/mol. The summed E-state index contributed by atoms with van der Waals surface area (Å²) in [6.07, 6.45) is -0.0658. The van der Waals surface area contributed by atoms with Gasteiger partial charge in [0, 0.05) is 12.0 Å². The zero-order chi connectivity index (χ0) is 11.4. The summed E-state index contributed by atoms with van der Waals surface area (Å²) in [6.45, 7) is 4.37. The van der Waals surface area contributed by atoms with Crippen LogP contribution in [-0.2, 0) is 11.2 Å². The third-order valence-corrected chi connectivity index (χ3v) is 3.64. The number of hydrogen-bond acceptors (Lipinski definition) is 5. The zero-order valence-electron chi connectivity index (χ0n) is 9.36. The Kier molecular flexibility index (Phi) is 4.66. The SMILES string of the molecule is COC(C)C(O)c1nc(C)c(CCN)s1. The minimum absolute atomic E-state index is 0.235. The number of aliphatic hydroxyl groups excluding tert-OH is 1. The standard InChI is InChI=1S/C10H18N2O2S/c1-6-8(4-5-11)15-10(12-6)9(13)7(2)14-3/h7,9,13H,4-5,11H2,1-3H3. The first-order chi connectivity index (χ1) is 7.10. The molecule has 1 aromatic rings. The molecule has 0 bridgehead atoms. The molecule has 0 aromatic carbocycles. The van der Waals surface area contributed by atoms with Gasteiger partial charge in [-0.3, -0.25) is 0 Å². The van der Waals surface area contributed by atoms with Gasteiger partial charge in [-0.25, -0.2) is 4.98 Å². The normalized spacial score (nSPS) is 15.3. The topological polar surface area (TPSA) is 68.4 Å². The Balaban J connectivity index is 2.81. The Morgan fingerprint density at radius 1 is 1.60 bits per heavy atom. The number of aliphatic hydroxyl groups is 1. The Bertz CT molecular complexity index is 314. The highest BCUT2D eigenvalue weighted by Gasteiger charge is 2.20. The molecule has 2 atom stereocenters. The van der Waals surface area contributed by atoms with E-state index in [0.29, 0.717) is 11.6 Å². The number of nitrogens with zero attached hydrogens (tertiary/aromatic N) is 1. The summed E-state index contributed by atoms with van der Waals surface area (Å²) >= 11 is 1.51. The van der Waals surface area contributed by atoms with Crippen molar-refractivity contribution in [2.75, 3.05) is 13.7 Å². The van der Waals surface area contributed by atoms with E-state index in [9.17, 15) is 5.11 Å². The molecule has 0 saturated carbocycles. The lowest BCUT2D eigenvalue weighted by molar-refractivity contribution is -0.00156. The van der Waals surface area contributed by atoms with Crippen LogP contribution < -0.4 is 5.73 Å². The number of methoxy groups -OCH3 is 1. The molecule has 1 heterocycles. The number of aryl methyl sites for hydroxylation is 1. The Labute approximate surface area is 94.1 Å². The van der Waals surface area contributed by atoms with Crippen LogP contribution in [0, 0.1) is 6.92 Å². The van der Waals surface area contributed by atoms with Gasteiger partial charge in [0.25, 0.3) is 0 Å². The Morgan fingerprint density at radius 3 is 2.80 bits per heavy atom. The van der Waals surface area contributed by atoms with Crippen molar-refractivity contribution in [3.05, 3.63) is 15.6 Å². The number of rotatable bonds is 5. The molecule has 0 fully saturated rings. The van der Waals surface area contributed by atoms with Gasteiger partial charge in [0.15, 0.2) is 0 Å². The first kappa shape index (κ1) is 12.6. The van der Waals surface area contributed by atoms with Crippen LogP contribution in [0.3, 0.4) is 0 Å². The molecule has 5 heteroatoms. The molecule has 2 unspecified atom stereocenters. The molecule has 0 saturated heterocycles. The number of ether oxygens (including phenoxy) is 1. The van der Waals surface area contributed by atoms with E-state index in [-0.39, 0.29) is 6.10 Å². The van der Waals surface area contributed by atoms with Crippen molar-refractivity contribution >= 4 is 11.3 Å². The third kappa shape index (κ3) is 2.98. The predicted molar refractivity (Wildman–Crippen MR) is 61.0 cm³/mol. The summed E-state index contributed by atoms with van der Waals surface area (Å²) < 4.78 is 5.07. The molecule has 0 aliphatic carbocycles. The molecule has 0 aliphatic rings. The minimum atomic E-state index is -0.648. The van der Waals surface area contributed by atoms with Gasteiger partial charge in [0.05, 0.1) is 11.8 Å². The summed E-state index contributed by atoms with van der Waals surface area (Å²) in [4.78, 5) is 5.48. The molecular formula is C10H18N2O2S. The molecule has 15 heavy (non-hydrogen) atoms. The predicted octanol–water partition coefficient (Wildman–Crippen LogP) is 1.02. The summed E-state index contributed by atoms with van der Waals surface area (Å²) in [5, 5.41) is 10.6. The molecule has 0 radical (unpaired) electrons. The fraction of sp³-hybridized carbons (Fsp3) is 0.700. The second-order valence-electron chi connectivity index (χ2n) is 3.49. The highest BCUT2D eigenvalue weighted by atomic mass is 32.1. The second kappa shape index (κ2) is 5.55. The van der Waals surface area contributed by atoms with Crippen LogP contribution in [0.15, 0.2) is 0 Å². The summed E-state index contributed by atoms with van der Waals surface area (Å²) in [7, 11) is 1.58. The van der Waals surface area contributed by atoms with Crippen molar-refractivity contribution in [1.82, 2.24) is 4.98 Å². The van der Waals surface area contributed by atoms with Gasteiger partial charge in [-0.05, 0) is 26.8 Å². The van der Waals surface area contributed by atoms with Crippen LogP contribution in [0.25, 0.3) is 0 Å². The van der Waals surface area contributed by atoms with Gasteiger partial charge in [0.1, 0.15) is 11.1 Å². The van der Waals surface area contributed by atoms with Gasteiger partial charge in [-0.2, -0.15) is 0 Å². The maximum absolute atomic E-state index is 9.89. The highest BCUT2D eigenvalue weighted by molar-refractivity contribution is 7.11. The lowest BCUT2D eigenvalue weighted by Gasteiger charge is -2.14. The van der Waals surface area contributed by atoms with Crippen LogP contribution in [0.4, 0.5) is 0 Å². The molecule has 86 valence electrons. The lowest BCUT2D eigenvalue weighted by Crippen LogP contribution is -2.16. The number of thiazole rings is 1. The van der Waals surface area contributed by atoms with E-state index in [1.807, 2.05) is 13.8 Å². The minimum Gasteiger partial charge on any atom is -0.383 e. The molecule has 0 amide bonds. The third-order valence-electron chi connectivity index (χ3n) is 2.35. The summed E-state index contributed by atoms with van der Waals surface area (Å²) in [5.41, 5.74) is 6.45. The number of aromatic nitrogens is 1. The molecule has 1 rings (SSSR count). The van der Waals surface area contributed by atoms with Crippen molar-refractivity contribution < 1.29 is 9.84 Å². The number of hydrogen-bond donors (Lipinski definition) is 2. The van der Waals surface area contributed by atoms with Crippen LogP contribution in [0.2, 0.25) is 0 Å². The monoisotopic (exact) mass is 230 g/mol. The second-order valence-corrected chi connectivity index (χ2v) is 4.60. The zero-order valence-corrected chi connectivity index (χ0v) is 10.2. The fourth-order valence-corrected chi connectivity index (χ4v) is 2.43. The summed E-state index contributed by atoms with van der Waals surface area (Å²) in [6, 6.07) is 0. The Hall–Kier alpha value is -0.490. The first-order valence-corrected chi connectivity index (χ1v) is 5.79. The Morgan fingerprint density at radius 2 is 2.27 bits per heavy atom. The van der Waals surface area contributed by atoms with Crippen LogP contribution in [0.5, 0.6) is 0 Å². The quantitative estimate of drug-likeness (QED) is 0.792. The van der Waals surface area contributed by atoms with E-state index in [1.165, 1.54) is 11.3 Å². The van der Waals surface area contributed by atoms with Crippen molar-refractivity contribution in [2.45, 2.75) is 32.5 Å². The van der Waals surface area contributed by atoms with Crippen molar-refractivity contribution in [3.8, 4) is 0 Å². The van der Waals surface area contributed by atoms with Crippen molar-refractivity contribution in [2.24, 2.45) is 5.73 Å². The molecule has 0 spiro atoms. The van der Waals surface area contributed by atoms with Gasteiger partial charge in [-0.1, -0.05) is 0 Å². The van der Waals surface area contributed by atoms with Crippen LogP contribution in [0.1, 0.15) is 28.6 Å². The highest BCUT2D eigenvalue weighted by Crippen LogP contribution is 2.26. The van der Waals surface area contributed by atoms with E-state index in [1.54, 1.807) is 7.11 Å². The van der Waals surface area contributed by atoms with E-state index < -0.39 is 6.10 Å². The van der Waals surface area contributed by atoms with Crippen LogP contribution >= 0.6 is 11.3 Å². The van der Waals surface area contributed by atoms with Crippen molar-refractivity contribution in [1.29, 1.82) is 0 Å². The molecule has 4 nitrogen and oxygen atoms in total.